The highest BCUT2D eigenvalue weighted by Gasteiger charge is 2.14. The standard InChI is InChI=1S/C13H12N2O3/c14-6-9-1-3-10(15-13(9)16)8-2-4-11-12(5-8)18-7-17-11/h1-5H,6-7,14H2,(H,15,16). The SMILES string of the molecule is NCc1ccc(-c2ccc3c(c2)OCO3)[nH]c1=O. The summed E-state index contributed by atoms with van der Waals surface area (Å²) >= 11 is 0. The number of benzene rings is 1. The minimum Gasteiger partial charge on any atom is -0.454 e. The second-order valence-electron chi connectivity index (χ2n) is 4.00. The summed E-state index contributed by atoms with van der Waals surface area (Å²) in [4.78, 5) is 14.5. The molecule has 5 heteroatoms. The van der Waals surface area contributed by atoms with E-state index in [-0.39, 0.29) is 18.9 Å². The predicted octanol–water partition coefficient (Wildman–Crippen LogP) is 1.23. The third-order valence-electron chi connectivity index (χ3n) is 2.89. The Morgan fingerprint density at radius 1 is 1.17 bits per heavy atom. The Morgan fingerprint density at radius 2 is 2.00 bits per heavy atom. The van der Waals surface area contributed by atoms with Gasteiger partial charge in [0.15, 0.2) is 11.5 Å². The molecule has 0 radical (unpaired) electrons. The van der Waals surface area contributed by atoms with Gasteiger partial charge < -0.3 is 20.2 Å². The molecule has 0 unspecified atom stereocenters. The molecular weight excluding hydrogens is 232 g/mol. The Labute approximate surface area is 103 Å². The first kappa shape index (κ1) is 10.9. The molecule has 5 nitrogen and oxygen atoms in total. The summed E-state index contributed by atoms with van der Waals surface area (Å²) in [6, 6.07) is 9.11. The second-order valence-corrected chi connectivity index (χ2v) is 4.00. The van der Waals surface area contributed by atoms with Crippen molar-refractivity contribution in [2.45, 2.75) is 6.54 Å². The number of fused-ring (bicyclic) bond motifs is 1. The maximum absolute atomic E-state index is 11.7. The summed E-state index contributed by atoms with van der Waals surface area (Å²) in [5, 5.41) is 0. The zero-order valence-corrected chi connectivity index (χ0v) is 9.60. The Hall–Kier alpha value is -2.27. The van der Waals surface area contributed by atoms with Gasteiger partial charge in [0, 0.05) is 23.4 Å². The van der Waals surface area contributed by atoms with E-state index in [4.69, 9.17) is 15.2 Å². The maximum atomic E-state index is 11.7. The van der Waals surface area contributed by atoms with Gasteiger partial charge in [-0.3, -0.25) is 4.79 Å². The molecule has 92 valence electrons. The van der Waals surface area contributed by atoms with E-state index in [0.29, 0.717) is 11.3 Å². The minimum absolute atomic E-state index is 0.160. The molecule has 2 heterocycles. The summed E-state index contributed by atoms with van der Waals surface area (Å²) in [5.41, 5.74) is 7.47. The van der Waals surface area contributed by atoms with Crippen molar-refractivity contribution in [3.63, 3.8) is 0 Å². The van der Waals surface area contributed by atoms with Crippen LogP contribution in [-0.4, -0.2) is 11.8 Å². The van der Waals surface area contributed by atoms with E-state index in [1.165, 1.54) is 0 Å². The third-order valence-corrected chi connectivity index (χ3v) is 2.89. The number of aromatic nitrogens is 1. The summed E-state index contributed by atoms with van der Waals surface area (Å²) in [6.45, 7) is 0.470. The molecule has 0 amide bonds. The van der Waals surface area contributed by atoms with Crippen molar-refractivity contribution in [3.8, 4) is 22.8 Å². The van der Waals surface area contributed by atoms with E-state index in [0.717, 1.165) is 17.0 Å². The molecule has 0 atom stereocenters. The molecule has 18 heavy (non-hydrogen) atoms. The molecule has 0 spiro atoms. The number of H-pyrrole nitrogens is 1. The summed E-state index contributed by atoms with van der Waals surface area (Å²) < 4.78 is 10.5. The van der Waals surface area contributed by atoms with Crippen molar-refractivity contribution >= 4 is 0 Å². The van der Waals surface area contributed by atoms with E-state index < -0.39 is 0 Å². The number of hydrogen-bond acceptors (Lipinski definition) is 4. The first-order valence-electron chi connectivity index (χ1n) is 5.60. The second kappa shape index (κ2) is 4.19. The predicted molar refractivity (Wildman–Crippen MR) is 66.5 cm³/mol. The molecular formula is C13H12N2O3. The van der Waals surface area contributed by atoms with Crippen LogP contribution >= 0.6 is 0 Å². The molecule has 1 aromatic carbocycles. The highest BCUT2D eigenvalue weighted by molar-refractivity contribution is 5.64. The van der Waals surface area contributed by atoms with Crippen molar-refractivity contribution in [2.24, 2.45) is 5.73 Å². The van der Waals surface area contributed by atoms with Crippen LogP contribution < -0.4 is 20.8 Å². The molecule has 0 saturated heterocycles. The van der Waals surface area contributed by atoms with Gasteiger partial charge in [-0.15, -0.1) is 0 Å². The normalized spacial score (nSPS) is 12.7. The molecule has 0 fully saturated rings. The van der Waals surface area contributed by atoms with Gasteiger partial charge in [0.1, 0.15) is 0 Å². The van der Waals surface area contributed by atoms with E-state index in [1.807, 2.05) is 24.3 Å². The molecule has 2 aromatic rings. The van der Waals surface area contributed by atoms with Crippen LogP contribution in [-0.2, 0) is 6.54 Å². The topological polar surface area (TPSA) is 77.3 Å². The van der Waals surface area contributed by atoms with Gasteiger partial charge in [-0.25, -0.2) is 0 Å². The van der Waals surface area contributed by atoms with Crippen molar-refractivity contribution in [2.75, 3.05) is 6.79 Å². The molecule has 3 N–H and O–H groups in total. The van der Waals surface area contributed by atoms with Gasteiger partial charge in [0.2, 0.25) is 6.79 Å². The lowest BCUT2D eigenvalue weighted by Crippen LogP contribution is -2.15. The van der Waals surface area contributed by atoms with E-state index in [1.54, 1.807) is 6.07 Å². The molecule has 0 saturated carbocycles. The first-order chi connectivity index (χ1) is 8.78. The van der Waals surface area contributed by atoms with Crippen molar-refractivity contribution in [1.82, 2.24) is 4.98 Å². The van der Waals surface area contributed by atoms with Crippen LogP contribution in [0.5, 0.6) is 11.5 Å². The van der Waals surface area contributed by atoms with Gasteiger partial charge in [-0.2, -0.15) is 0 Å². The lowest BCUT2D eigenvalue weighted by atomic mass is 10.1. The van der Waals surface area contributed by atoms with Gasteiger partial charge in [-0.05, 0) is 24.3 Å². The van der Waals surface area contributed by atoms with Crippen LogP contribution in [0.2, 0.25) is 0 Å². The molecule has 1 aliphatic rings. The number of pyridine rings is 1. The Morgan fingerprint density at radius 3 is 2.78 bits per heavy atom. The largest absolute Gasteiger partial charge is 0.454 e. The molecule has 3 rings (SSSR count). The third kappa shape index (κ3) is 1.74. The molecule has 0 aliphatic carbocycles. The Balaban J connectivity index is 2.05. The van der Waals surface area contributed by atoms with Gasteiger partial charge in [-0.1, -0.05) is 6.07 Å². The fourth-order valence-corrected chi connectivity index (χ4v) is 1.90. The van der Waals surface area contributed by atoms with Crippen LogP contribution in [0, 0.1) is 0 Å². The summed E-state index contributed by atoms with van der Waals surface area (Å²) in [7, 11) is 0. The van der Waals surface area contributed by atoms with Crippen molar-refractivity contribution in [1.29, 1.82) is 0 Å². The van der Waals surface area contributed by atoms with E-state index >= 15 is 0 Å². The van der Waals surface area contributed by atoms with Gasteiger partial charge in [0.25, 0.3) is 5.56 Å². The molecule has 0 bridgehead atoms. The van der Waals surface area contributed by atoms with Crippen molar-refractivity contribution < 1.29 is 9.47 Å². The maximum Gasteiger partial charge on any atom is 0.252 e. The van der Waals surface area contributed by atoms with Gasteiger partial charge in [0.05, 0.1) is 0 Å². The fourth-order valence-electron chi connectivity index (χ4n) is 1.90. The molecule has 1 aromatic heterocycles. The fraction of sp³-hybridized carbons (Fsp3) is 0.154. The minimum atomic E-state index is -0.160. The average Bonchev–Trinajstić information content (AvgIpc) is 2.85. The van der Waals surface area contributed by atoms with Crippen molar-refractivity contribution in [3.05, 3.63) is 46.2 Å². The smallest absolute Gasteiger partial charge is 0.252 e. The highest BCUT2D eigenvalue weighted by Crippen LogP contribution is 2.35. The lowest BCUT2D eigenvalue weighted by molar-refractivity contribution is 0.174. The summed E-state index contributed by atoms with van der Waals surface area (Å²) in [5.74, 6) is 1.41. The summed E-state index contributed by atoms with van der Waals surface area (Å²) in [6.07, 6.45) is 0. The average molecular weight is 244 g/mol. The van der Waals surface area contributed by atoms with E-state index in [9.17, 15) is 4.79 Å². The number of nitrogens with one attached hydrogen (secondary N) is 1. The Kier molecular flexibility index (Phi) is 2.53. The van der Waals surface area contributed by atoms with E-state index in [2.05, 4.69) is 4.98 Å². The zero-order valence-electron chi connectivity index (χ0n) is 9.60. The van der Waals surface area contributed by atoms with Crippen LogP contribution in [0.15, 0.2) is 35.1 Å². The van der Waals surface area contributed by atoms with Crippen LogP contribution in [0.1, 0.15) is 5.56 Å². The first-order valence-corrected chi connectivity index (χ1v) is 5.60. The number of ether oxygens (including phenoxy) is 2. The lowest BCUT2D eigenvalue weighted by Gasteiger charge is -2.04. The number of rotatable bonds is 2. The quantitative estimate of drug-likeness (QED) is 0.833. The number of nitrogens with two attached hydrogens (primary N) is 1. The van der Waals surface area contributed by atoms with Crippen LogP contribution in [0.3, 0.4) is 0 Å². The van der Waals surface area contributed by atoms with Crippen LogP contribution in [0.25, 0.3) is 11.3 Å². The molecule has 1 aliphatic heterocycles. The highest BCUT2D eigenvalue weighted by atomic mass is 16.7. The Bertz CT molecular complexity index is 649. The number of hydrogen-bond donors (Lipinski definition) is 2. The monoisotopic (exact) mass is 244 g/mol. The van der Waals surface area contributed by atoms with Gasteiger partial charge >= 0.3 is 0 Å². The van der Waals surface area contributed by atoms with Crippen LogP contribution in [0.4, 0.5) is 0 Å². The zero-order chi connectivity index (χ0) is 12.5. The number of aromatic amines is 1.